The van der Waals surface area contributed by atoms with Crippen molar-refractivity contribution in [2.24, 2.45) is 5.73 Å². The minimum atomic E-state index is -0.625. The first-order valence-corrected chi connectivity index (χ1v) is 6.67. The van der Waals surface area contributed by atoms with E-state index >= 15 is 0 Å². The average Bonchev–Trinajstić information content (AvgIpc) is 2.46. The summed E-state index contributed by atoms with van der Waals surface area (Å²) < 4.78 is 5.23. The number of hydrogen-bond donors (Lipinski definition) is 1. The molecule has 1 atom stereocenters. The molecule has 3 nitrogen and oxygen atoms in total. The fourth-order valence-electron chi connectivity index (χ4n) is 2.01. The first kappa shape index (κ1) is 14.3. The van der Waals surface area contributed by atoms with Gasteiger partial charge in [0.25, 0.3) is 0 Å². The molecule has 0 aliphatic heterocycles. The van der Waals surface area contributed by atoms with Gasteiger partial charge in [-0.25, -0.2) is 0 Å². The second-order valence-corrected chi connectivity index (χ2v) is 4.89. The van der Waals surface area contributed by atoms with Crippen molar-refractivity contribution in [2.45, 2.75) is 26.0 Å². The molecule has 0 aromatic heterocycles. The van der Waals surface area contributed by atoms with Gasteiger partial charge in [0.15, 0.2) is 0 Å². The maximum atomic E-state index is 11.9. The van der Waals surface area contributed by atoms with E-state index in [-0.39, 0.29) is 12.6 Å². The highest BCUT2D eigenvalue weighted by atomic mass is 16.5. The zero-order valence-corrected chi connectivity index (χ0v) is 11.6. The number of hydrogen-bond acceptors (Lipinski definition) is 3. The van der Waals surface area contributed by atoms with E-state index in [2.05, 4.69) is 0 Å². The molecule has 0 saturated heterocycles. The molecule has 2 aromatic carbocycles. The molecule has 0 bridgehead atoms. The lowest BCUT2D eigenvalue weighted by molar-refractivity contribution is -0.146. The molecule has 104 valence electrons. The number of carbonyl (C=O) groups is 1. The molecule has 2 aromatic rings. The Bertz CT molecular complexity index is 566. The van der Waals surface area contributed by atoms with Gasteiger partial charge in [0.05, 0.1) is 0 Å². The normalized spacial score (nSPS) is 11.9. The second-order valence-electron chi connectivity index (χ2n) is 4.89. The van der Waals surface area contributed by atoms with Crippen LogP contribution in [0.5, 0.6) is 0 Å². The molecule has 2 N–H and O–H groups in total. The van der Waals surface area contributed by atoms with Gasteiger partial charge < -0.3 is 10.5 Å². The molecule has 0 aliphatic carbocycles. The maximum Gasteiger partial charge on any atom is 0.323 e. The predicted molar refractivity (Wildman–Crippen MR) is 79.1 cm³/mol. The van der Waals surface area contributed by atoms with Crippen molar-refractivity contribution in [1.29, 1.82) is 0 Å². The van der Waals surface area contributed by atoms with Crippen molar-refractivity contribution in [3.8, 4) is 0 Å². The lowest BCUT2D eigenvalue weighted by Crippen LogP contribution is -2.34. The number of carbonyl (C=O) groups excluding carboxylic acids is 1. The maximum absolute atomic E-state index is 11.9. The fraction of sp³-hybridized carbons (Fsp3) is 0.235. The Morgan fingerprint density at radius 1 is 1.10 bits per heavy atom. The third-order valence-electron chi connectivity index (χ3n) is 3.06. The van der Waals surface area contributed by atoms with Gasteiger partial charge in [-0.15, -0.1) is 0 Å². The number of rotatable bonds is 5. The first-order valence-electron chi connectivity index (χ1n) is 6.67. The van der Waals surface area contributed by atoms with Gasteiger partial charge in [-0.1, -0.05) is 60.2 Å². The summed E-state index contributed by atoms with van der Waals surface area (Å²) in [4.78, 5) is 11.9. The average molecular weight is 269 g/mol. The van der Waals surface area contributed by atoms with Gasteiger partial charge in [-0.2, -0.15) is 0 Å². The topological polar surface area (TPSA) is 52.3 Å². The zero-order chi connectivity index (χ0) is 14.4. The van der Waals surface area contributed by atoms with Crippen molar-refractivity contribution in [3.63, 3.8) is 0 Å². The number of benzene rings is 2. The highest BCUT2D eigenvalue weighted by molar-refractivity contribution is 5.75. The van der Waals surface area contributed by atoms with Gasteiger partial charge in [0.1, 0.15) is 12.6 Å². The molecular formula is C17H19NO2. The van der Waals surface area contributed by atoms with Gasteiger partial charge in [0, 0.05) is 0 Å². The summed E-state index contributed by atoms with van der Waals surface area (Å²) in [7, 11) is 0. The number of nitrogens with two attached hydrogens (primary N) is 1. The predicted octanol–water partition coefficient (Wildman–Crippen LogP) is 2.61. The van der Waals surface area contributed by atoms with E-state index in [1.54, 1.807) is 0 Å². The van der Waals surface area contributed by atoms with Crippen molar-refractivity contribution in [2.75, 3.05) is 0 Å². The molecule has 0 amide bonds. The standard InChI is InChI=1S/C17H19NO2/c1-13-6-5-9-15(10-13)11-16(18)17(19)20-12-14-7-3-2-4-8-14/h2-10,16H,11-12,18H2,1H3/t16-/m0/s1. The Morgan fingerprint density at radius 3 is 2.50 bits per heavy atom. The van der Waals surface area contributed by atoms with Gasteiger partial charge >= 0.3 is 5.97 Å². The van der Waals surface area contributed by atoms with Crippen LogP contribution in [0, 0.1) is 6.92 Å². The molecule has 0 heterocycles. The molecular weight excluding hydrogens is 250 g/mol. The minimum absolute atomic E-state index is 0.265. The molecule has 2 rings (SSSR count). The molecule has 0 fully saturated rings. The first-order chi connectivity index (χ1) is 9.65. The molecule has 3 heteroatoms. The van der Waals surface area contributed by atoms with Crippen LogP contribution in [0.15, 0.2) is 54.6 Å². The third kappa shape index (κ3) is 4.21. The number of aryl methyl sites for hydroxylation is 1. The van der Waals surface area contributed by atoms with E-state index in [9.17, 15) is 4.79 Å². The van der Waals surface area contributed by atoms with Crippen molar-refractivity contribution in [1.82, 2.24) is 0 Å². The Balaban J connectivity index is 1.86. The van der Waals surface area contributed by atoms with Crippen LogP contribution >= 0.6 is 0 Å². The summed E-state index contributed by atoms with van der Waals surface area (Å²) in [5.41, 5.74) is 9.06. The van der Waals surface area contributed by atoms with Gasteiger partial charge in [-0.3, -0.25) is 4.79 Å². The molecule has 0 aliphatic rings. The minimum Gasteiger partial charge on any atom is -0.460 e. The van der Waals surface area contributed by atoms with Crippen molar-refractivity contribution >= 4 is 5.97 Å². The monoisotopic (exact) mass is 269 g/mol. The number of ether oxygens (including phenoxy) is 1. The summed E-state index contributed by atoms with van der Waals surface area (Å²) in [5.74, 6) is -0.365. The van der Waals surface area contributed by atoms with E-state index in [1.807, 2.05) is 61.5 Å². The Morgan fingerprint density at radius 2 is 1.80 bits per heavy atom. The van der Waals surface area contributed by atoms with E-state index < -0.39 is 6.04 Å². The Kier molecular flexibility index (Phi) is 4.91. The highest BCUT2D eigenvalue weighted by Crippen LogP contribution is 2.08. The molecule has 0 radical (unpaired) electrons. The highest BCUT2D eigenvalue weighted by Gasteiger charge is 2.15. The van der Waals surface area contributed by atoms with Gasteiger partial charge in [-0.05, 0) is 24.5 Å². The van der Waals surface area contributed by atoms with Crippen LogP contribution in [0.25, 0.3) is 0 Å². The molecule has 0 spiro atoms. The molecule has 0 unspecified atom stereocenters. The van der Waals surface area contributed by atoms with Crippen molar-refractivity contribution in [3.05, 3.63) is 71.3 Å². The Hall–Kier alpha value is -2.13. The Labute approximate surface area is 119 Å². The second kappa shape index (κ2) is 6.87. The SMILES string of the molecule is Cc1cccc(C[C@H](N)C(=O)OCc2ccccc2)c1. The molecule has 0 saturated carbocycles. The summed E-state index contributed by atoms with van der Waals surface area (Å²) in [6.45, 7) is 2.28. The third-order valence-corrected chi connectivity index (χ3v) is 3.06. The lowest BCUT2D eigenvalue weighted by atomic mass is 10.0. The van der Waals surface area contributed by atoms with Crippen molar-refractivity contribution < 1.29 is 9.53 Å². The quantitative estimate of drug-likeness (QED) is 0.849. The van der Waals surface area contributed by atoms with E-state index in [0.717, 1.165) is 16.7 Å². The van der Waals surface area contributed by atoms with Crippen LogP contribution in [0.4, 0.5) is 0 Å². The fourth-order valence-corrected chi connectivity index (χ4v) is 2.01. The van der Waals surface area contributed by atoms with Crippen LogP contribution in [0.1, 0.15) is 16.7 Å². The van der Waals surface area contributed by atoms with Crippen LogP contribution < -0.4 is 5.73 Å². The van der Waals surface area contributed by atoms with Crippen LogP contribution in [-0.4, -0.2) is 12.0 Å². The van der Waals surface area contributed by atoms with Crippen LogP contribution in [0.2, 0.25) is 0 Å². The summed E-state index contributed by atoms with van der Waals surface area (Å²) in [6.07, 6.45) is 0.495. The lowest BCUT2D eigenvalue weighted by Gasteiger charge is -2.12. The largest absolute Gasteiger partial charge is 0.460 e. The van der Waals surface area contributed by atoms with Crippen LogP contribution in [0.3, 0.4) is 0 Å². The van der Waals surface area contributed by atoms with E-state index in [0.29, 0.717) is 6.42 Å². The van der Waals surface area contributed by atoms with Gasteiger partial charge in [0.2, 0.25) is 0 Å². The van der Waals surface area contributed by atoms with E-state index in [1.165, 1.54) is 0 Å². The smallest absolute Gasteiger partial charge is 0.323 e. The van der Waals surface area contributed by atoms with E-state index in [4.69, 9.17) is 10.5 Å². The summed E-state index contributed by atoms with van der Waals surface area (Å²) in [6, 6.07) is 16.9. The summed E-state index contributed by atoms with van der Waals surface area (Å²) in [5, 5.41) is 0. The zero-order valence-electron chi connectivity index (χ0n) is 11.6. The van der Waals surface area contributed by atoms with Crippen LogP contribution in [-0.2, 0) is 22.6 Å². The molecule has 20 heavy (non-hydrogen) atoms. The number of esters is 1. The summed E-state index contributed by atoms with van der Waals surface area (Å²) >= 11 is 0.